The lowest BCUT2D eigenvalue weighted by molar-refractivity contribution is 0.471. The molecule has 56 valence electrons. The molecule has 0 radical (unpaired) electrons. The number of nitrogens with zero attached hydrogens (tertiary/aromatic N) is 1. The number of phenols is 1. The summed E-state index contributed by atoms with van der Waals surface area (Å²) < 4.78 is 0. The Morgan fingerprint density at radius 3 is 2.82 bits per heavy atom. The van der Waals surface area contributed by atoms with Crippen molar-refractivity contribution in [3.63, 3.8) is 0 Å². The molecule has 1 N–H and O–H groups in total. The van der Waals surface area contributed by atoms with E-state index >= 15 is 0 Å². The highest BCUT2D eigenvalue weighted by Gasteiger charge is 1.98. The highest BCUT2D eigenvalue weighted by Crippen LogP contribution is 2.15. The van der Waals surface area contributed by atoms with Crippen molar-refractivity contribution in [3.8, 4) is 11.8 Å². The van der Waals surface area contributed by atoms with Gasteiger partial charge in [0.05, 0.1) is 0 Å². The van der Waals surface area contributed by atoms with Gasteiger partial charge in [-0.2, -0.15) is 0 Å². The van der Waals surface area contributed by atoms with E-state index in [-0.39, 0.29) is 5.75 Å². The molecule has 1 rings (SSSR count). The van der Waals surface area contributed by atoms with Crippen LogP contribution in [0.3, 0.4) is 0 Å². The number of aryl methyl sites for hydroxylation is 1. The fourth-order valence-electron chi connectivity index (χ4n) is 0.778. The van der Waals surface area contributed by atoms with Gasteiger partial charge in [0.1, 0.15) is 11.3 Å². The lowest BCUT2D eigenvalue weighted by Gasteiger charge is -1.94. The van der Waals surface area contributed by atoms with E-state index in [1.807, 2.05) is 0 Å². The van der Waals surface area contributed by atoms with Crippen molar-refractivity contribution in [3.05, 3.63) is 39.5 Å². The second kappa shape index (κ2) is 2.93. The zero-order valence-electron chi connectivity index (χ0n) is 6.03. The minimum Gasteiger partial charge on any atom is -0.508 e. The van der Waals surface area contributed by atoms with Gasteiger partial charge in [-0.15, -0.1) is 0 Å². The van der Waals surface area contributed by atoms with Crippen LogP contribution in [0.15, 0.2) is 18.2 Å². The Hall–Kier alpha value is -1.69. The number of hydrogen-bond donors (Lipinski definition) is 1. The first-order valence-corrected chi connectivity index (χ1v) is 3.12. The summed E-state index contributed by atoms with van der Waals surface area (Å²) in [6.07, 6.45) is 0. The summed E-state index contributed by atoms with van der Waals surface area (Å²) in [6.45, 7) is 1.74. The molecule has 0 aliphatic rings. The van der Waals surface area contributed by atoms with Gasteiger partial charge in [-0.05, 0) is 30.7 Å². The van der Waals surface area contributed by atoms with Gasteiger partial charge in [-0.3, -0.25) is 0 Å². The topological polar surface area (TPSA) is 47.6 Å². The summed E-state index contributed by atoms with van der Waals surface area (Å²) in [5.41, 5.74) is 1.29. The van der Waals surface area contributed by atoms with Crippen LogP contribution in [0.2, 0.25) is 0 Å². The van der Waals surface area contributed by atoms with Crippen molar-refractivity contribution in [2.24, 2.45) is 0 Å². The van der Waals surface area contributed by atoms with Crippen molar-refractivity contribution in [1.82, 2.24) is 0 Å². The van der Waals surface area contributed by atoms with Crippen molar-refractivity contribution >= 4 is 0 Å². The molecule has 0 saturated carbocycles. The van der Waals surface area contributed by atoms with Crippen LogP contribution in [0.1, 0.15) is 11.1 Å². The molecular formula is C8H7NO2. The van der Waals surface area contributed by atoms with E-state index in [0.717, 1.165) is 0 Å². The van der Waals surface area contributed by atoms with Crippen LogP contribution in [0, 0.1) is 18.2 Å². The van der Waals surface area contributed by atoms with Gasteiger partial charge >= 0.3 is 6.07 Å². The van der Waals surface area contributed by atoms with Crippen LogP contribution in [-0.2, 0) is 0 Å². The van der Waals surface area contributed by atoms with Crippen LogP contribution < -0.4 is 0 Å². The number of rotatable bonds is 0. The predicted octanol–water partition coefficient (Wildman–Crippen LogP) is 1.88. The Morgan fingerprint density at radius 2 is 2.27 bits per heavy atom. The van der Waals surface area contributed by atoms with Crippen LogP contribution in [0.25, 0.3) is 5.01 Å². The molecule has 0 atom stereocenters. The Balaban J connectivity index is 3.12. The van der Waals surface area contributed by atoms with Gasteiger partial charge in [0.15, 0.2) is 0 Å². The second-order valence-corrected chi connectivity index (χ2v) is 2.20. The summed E-state index contributed by atoms with van der Waals surface area (Å²) in [7, 11) is 0. The summed E-state index contributed by atoms with van der Waals surface area (Å²) in [5.74, 6) is 0.210. The van der Waals surface area contributed by atoms with Crippen LogP contribution in [-0.4, -0.2) is 5.11 Å². The molecule has 0 aromatic heterocycles. The number of hydrogen-bond acceptors (Lipinski definition) is 2. The Kier molecular flexibility index (Phi) is 1.98. The first kappa shape index (κ1) is 7.42. The van der Waals surface area contributed by atoms with Gasteiger partial charge in [-0.25, -0.2) is 0 Å². The average molecular weight is 149 g/mol. The molecule has 3 heteroatoms. The Morgan fingerprint density at radius 1 is 1.55 bits per heavy atom. The molecule has 0 heterocycles. The summed E-state index contributed by atoms with van der Waals surface area (Å²) >= 11 is 0. The minimum atomic E-state index is 0.210. The Bertz CT molecular complexity index is 323. The second-order valence-electron chi connectivity index (χ2n) is 2.20. The maximum Gasteiger partial charge on any atom is 0.336 e. The smallest absolute Gasteiger partial charge is 0.336 e. The maximum absolute atomic E-state index is 9.75. The lowest BCUT2D eigenvalue weighted by Crippen LogP contribution is -1.77. The van der Waals surface area contributed by atoms with Gasteiger partial charge in [0, 0.05) is 5.01 Å². The molecule has 0 unspecified atom stereocenters. The average Bonchev–Trinajstić information content (AvgIpc) is 1.98. The van der Waals surface area contributed by atoms with Crippen LogP contribution in [0.4, 0.5) is 0 Å². The fourth-order valence-corrected chi connectivity index (χ4v) is 0.778. The molecule has 1 aromatic carbocycles. The van der Waals surface area contributed by atoms with Gasteiger partial charge < -0.3 is 10.3 Å². The molecule has 0 fully saturated rings. The van der Waals surface area contributed by atoms with Crippen molar-refractivity contribution < 1.29 is 5.11 Å². The van der Waals surface area contributed by atoms with Gasteiger partial charge in [0.25, 0.3) is 0 Å². The Labute approximate surface area is 64.3 Å². The van der Waals surface area contributed by atoms with E-state index in [9.17, 15) is 5.21 Å². The number of phenolic OH excluding ortho intramolecular Hbond substituents is 1. The molecule has 3 nitrogen and oxygen atoms in total. The molecule has 0 bridgehead atoms. The maximum atomic E-state index is 9.75. The van der Waals surface area contributed by atoms with E-state index in [4.69, 9.17) is 5.11 Å². The van der Waals surface area contributed by atoms with Gasteiger partial charge in [-0.1, -0.05) is 0 Å². The largest absolute Gasteiger partial charge is 0.508 e. The monoisotopic (exact) mass is 149 g/mol. The fraction of sp³-hybridized carbons (Fsp3) is 0.125. The van der Waals surface area contributed by atoms with Gasteiger partial charge in [0.2, 0.25) is 0 Å². The first-order chi connectivity index (χ1) is 5.24. The third-order valence-corrected chi connectivity index (χ3v) is 1.37. The highest BCUT2D eigenvalue weighted by atomic mass is 16.4. The first-order valence-electron chi connectivity index (χ1n) is 3.12. The number of benzene rings is 1. The molecule has 11 heavy (non-hydrogen) atoms. The summed E-state index contributed by atoms with van der Waals surface area (Å²) in [6, 6.07) is 6.95. The minimum absolute atomic E-state index is 0.210. The number of aromatic hydroxyl groups is 1. The van der Waals surface area contributed by atoms with Crippen LogP contribution >= 0.6 is 0 Å². The van der Waals surface area contributed by atoms with E-state index in [1.165, 1.54) is 6.07 Å². The third kappa shape index (κ3) is 1.62. The quantitative estimate of drug-likeness (QED) is 0.572. The zero-order chi connectivity index (χ0) is 8.27. The molecule has 0 aliphatic carbocycles. The standard InChI is InChI=1S/C8H7NO2/c1-6-4-7(5-9-11)2-3-8(6)10/h2-4,10H,1H3. The van der Waals surface area contributed by atoms with E-state index in [2.05, 4.69) is 11.1 Å². The summed E-state index contributed by atoms with van der Waals surface area (Å²) in [5, 5.41) is 21.3. The SMILES string of the molecule is Cc1cc(C#[N+][O-])ccc1O. The predicted molar refractivity (Wildman–Crippen MR) is 42.6 cm³/mol. The molecule has 0 saturated heterocycles. The normalized spacial score (nSPS) is 8.45. The van der Waals surface area contributed by atoms with E-state index < -0.39 is 0 Å². The van der Waals surface area contributed by atoms with Crippen LogP contribution in [0.5, 0.6) is 5.75 Å². The van der Waals surface area contributed by atoms with E-state index in [0.29, 0.717) is 11.1 Å². The molecule has 0 aliphatic heterocycles. The summed E-state index contributed by atoms with van der Waals surface area (Å²) in [4.78, 5) is 0. The molecule has 0 spiro atoms. The van der Waals surface area contributed by atoms with Crippen molar-refractivity contribution in [2.45, 2.75) is 6.92 Å². The lowest BCUT2D eigenvalue weighted by atomic mass is 10.1. The molecule has 0 amide bonds. The van der Waals surface area contributed by atoms with Crippen molar-refractivity contribution in [2.75, 3.05) is 0 Å². The highest BCUT2D eigenvalue weighted by molar-refractivity contribution is 5.41. The third-order valence-electron chi connectivity index (χ3n) is 1.37. The van der Waals surface area contributed by atoms with E-state index in [1.54, 1.807) is 19.1 Å². The molecular weight excluding hydrogens is 142 g/mol. The molecule has 1 aromatic rings. The zero-order valence-corrected chi connectivity index (χ0v) is 6.03. The van der Waals surface area contributed by atoms with Crippen molar-refractivity contribution in [1.29, 1.82) is 0 Å².